The maximum Gasteiger partial charge on any atom is 0.231 e. The van der Waals surface area contributed by atoms with Crippen LogP contribution >= 0.6 is 0 Å². The Balaban J connectivity index is 1.92. The van der Waals surface area contributed by atoms with E-state index in [-0.39, 0.29) is 6.10 Å². The van der Waals surface area contributed by atoms with E-state index in [4.69, 9.17) is 14.6 Å². The van der Waals surface area contributed by atoms with Crippen LogP contribution < -0.4 is 14.8 Å². The van der Waals surface area contributed by atoms with Gasteiger partial charge in [0.05, 0.1) is 6.10 Å². The van der Waals surface area contributed by atoms with Crippen LogP contribution in [-0.2, 0) is 6.54 Å². The summed E-state index contributed by atoms with van der Waals surface area (Å²) < 4.78 is 10.5. The van der Waals surface area contributed by atoms with Gasteiger partial charge in [0.25, 0.3) is 0 Å². The molecule has 0 bridgehead atoms. The summed E-state index contributed by atoms with van der Waals surface area (Å²) in [6.07, 6.45) is -0.265. The van der Waals surface area contributed by atoms with Gasteiger partial charge in [-0.3, -0.25) is 0 Å². The average molecular weight is 210 g/mol. The first-order chi connectivity index (χ1) is 7.25. The van der Waals surface area contributed by atoms with E-state index in [1.54, 1.807) is 6.92 Å². The van der Waals surface area contributed by atoms with Crippen molar-refractivity contribution in [3.63, 3.8) is 0 Å². The number of hydrogen-bond acceptors (Lipinski definition) is 3. The number of fused-ring (bicyclic) bond motifs is 1. The van der Waals surface area contributed by atoms with Crippen molar-refractivity contribution < 1.29 is 19.9 Å². The van der Waals surface area contributed by atoms with Crippen LogP contribution in [0, 0.1) is 0 Å². The Morgan fingerprint density at radius 2 is 2.20 bits per heavy atom. The summed E-state index contributed by atoms with van der Waals surface area (Å²) in [5.74, 6) is 1.63. The second kappa shape index (κ2) is 4.51. The average Bonchev–Trinajstić information content (AvgIpc) is 2.64. The zero-order valence-electron chi connectivity index (χ0n) is 8.77. The highest BCUT2D eigenvalue weighted by Gasteiger charge is 2.13. The van der Waals surface area contributed by atoms with E-state index in [1.807, 2.05) is 18.2 Å². The van der Waals surface area contributed by atoms with Crippen molar-refractivity contribution in [3.05, 3.63) is 23.8 Å². The number of aliphatic hydroxyl groups excluding tert-OH is 1. The molecule has 1 aromatic rings. The normalized spacial score (nSPS) is 15.3. The van der Waals surface area contributed by atoms with Crippen LogP contribution in [0.3, 0.4) is 0 Å². The van der Waals surface area contributed by atoms with Crippen molar-refractivity contribution in [1.82, 2.24) is 0 Å². The number of hydrogen-bond donors (Lipinski definition) is 2. The largest absolute Gasteiger partial charge is 0.454 e. The Kier molecular flexibility index (Phi) is 3.08. The summed E-state index contributed by atoms with van der Waals surface area (Å²) in [7, 11) is 0. The molecule has 1 aliphatic rings. The molecule has 1 aliphatic heterocycles. The van der Waals surface area contributed by atoms with Crippen molar-refractivity contribution in [2.75, 3.05) is 13.3 Å². The highest BCUT2D eigenvalue weighted by molar-refractivity contribution is 5.44. The van der Waals surface area contributed by atoms with E-state index in [0.717, 1.165) is 18.0 Å². The third-order valence-corrected chi connectivity index (χ3v) is 2.32. The molecule has 0 amide bonds. The Labute approximate surface area is 88.8 Å². The standard InChI is InChI=1S/C11H15NO3/c1-8(13)5-12-6-9-2-3-10-11(4-9)15-7-14-10/h2-4,8,12-13H,5-7H2,1H3/p+1/t8-/m0/s1. The lowest BCUT2D eigenvalue weighted by molar-refractivity contribution is -0.676. The van der Waals surface area contributed by atoms with E-state index >= 15 is 0 Å². The highest BCUT2D eigenvalue weighted by atomic mass is 16.7. The highest BCUT2D eigenvalue weighted by Crippen LogP contribution is 2.32. The lowest BCUT2D eigenvalue weighted by atomic mass is 10.2. The minimum absolute atomic E-state index is 0.265. The minimum Gasteiger partial charge on any atom is -0.454 e. The number of aliphatic hydroxyl groups is 1. The van der Waals surface area contributed by atoms with E-state index in [2.05, 4.69) is 5.32 Å². The molecule has 1 heterocycles. The van der Waals surface area contributed by atoms with Gasteiger partial charge in [0, 0.05) is 5.56 Å². The fourth-order valence-electron chi connectivity index (χ4n) is 1.56. The van der Waals surface area contributed by atoms with E-state index < -0.39 is 0 Å². The number of benzene rings is 1. The Morgan fingerprint density at radius 3 is 3.00 bits per heavy atom. The molecule has 82 valence electrons. The third kappa shape index (κ3) is 2.61. The third-order valence-electron chi connectivity index (χ3n) is 2.32. The fraction of sp³-hybridized carbons (Fsp3) is 0.455. The van der Waals surface area contributed by atoms with Gasteiger partial charge in [-0.2, -0.15) is 0 Å². The molecule has 0 radical (unpaired) electrons. The first kappa shape index (κ1) is 10.3. The van der Waals surface area contributed by atoms with Gasteiger partial charge in [0.2, 0.25) is 6.79 Å². The van der Waals surface area contributed by atoms with Crippen molar-refractivity contribution in [3.8, 4) is 11.5 Å². The van der Waals surface area contributed by atoms with Gasteiger partial charge < -0.3 is 19.9 Å². The number of rotatable bonds is 4. The predicted octanol–water partition coefficient (Wildman–Crippen LogP) is -0.141. The summed E-state index contributed by atoms with van der Waals surface area (Å²) >= 11 is 0. The summed E-state index contributed by atoms with van der Waals surface area (Å²) in [5.41, 5.74) is 1.18. The van der Waals surface area contributed by atoms with Gasteiger partial charge >= 0.3 is 0 Å². The van der Waals surface area contributed by atoms with Gasteiger partial charge in [-0.15, -0.1) is 0 Å². The molecule has 0 saturated heterocycles. The molecule has 1 aromatic carbocycles. The van der Waals surface area contributed by atoms with Gasteiger partial charge in [-0.1, -0.05) is 0 Å². The molecule has 4 nitrogen and oxygen atoms in total. The Bertz CT molecular complexity index is 339. The van der Waals surface area contributed by atoms with Crippen molar-refractivity contribution in [2.24, 2.45) is 0 Å². The van der Waals surface area contributed by atoms with E-state index in [1.165, 1.54) is 5.56 Å². The molecular formula is C11H16NO3+. The zero-order chi connectivity index (χ0) is 10.7. The van der Waals surface area contributed by atoms with Crippen LogP contribution in [0.4, 0.5) is 0 Å². The van der Waals surface area contributed by atoms with Crippen LogP contribution in [0.5, 0.6) is 11.5 Å². The van der Waals surface area contributed by atoms with Crippen LogP contribution in [0.25, 0.3) is 0 Å². The van der Waals surface area contributed by atoms with Crippen molar-refractivity contribution in [1.29, 1.82) is 0 Å². The maximum absolute atomic E-state index is 9.11. The molecule has 1 atom stereocenters. The van der Waals surface area contributed by atoms with Gasteiger partial charge in [-0.05, 0) is 25.1 Å². The Hall–Kier alpha value is -1.26. The molecule has 0 unspecified atom stereocenters. The van der Waals surface area contributed by atoms with Crippen LogP contribution in [-0.4, -0.2) is 24.5 Å². The lowest BCUT2D eigenvalue weighted by Crippen LogP contribution is -2.84. The van der Waals surface area contributed by atoms with Gasteiger partial charge in [0.1, 0.15) is 13.1 Å². The smallest absolute Gasteiger partial charge is 0.231 e. The molecule has 15 heavy (non-hydrogen) atoms. The van der Waals surface area contributed by atoms with Crippen LogP contribution in [0.15, 0.2) is 18.2 Å². The van der Waals surface area contributed by atoms with Gasteiger partial charge in [0.15, 0.2) is 11.5 Å². The molecular weight excluding hydrogens is 194 g/mol. The number of quaternary nitrogens is 1. The van der Waals surface area contributed by atoms with E-state index in [0.29, 0.717) is 13.3 Å². The first-order valence-corrected chi connectivity index (χ1v) is 5.14. The molecule has 3 N–H and O–H groups in total. The summed E-state index contributed by atoms with van der Waals surface area (Å²) in [4.78, 5) is 0. The molecule has 0 aliphatic carbocycles. The lowest BCUT2D eigenvalue weighted by Gasteiger charge is -2.04. The van der Waals surface area contributed by atoms with Crippen LogP contribution in [0.1, 0.15) is 12.5 Å². The van der Waals surface area contributed by atoms with E-state index in [9.17, 15) is 0 Å². The molecule has 0 aromatic heterocycles. The second-order valence-corrected chi connectivity index (χ2v) is 3.77. The fourth-order valence-corrected chi connectivity index (χ4v) is 1.56. The molecule has 4 heteroatoms. The van der Waals surface area contributed by atoms with Crippen molar-refractivity contribution in [2.45, 2.75) is 19.6 Å². The Morgan fingerprint density at radius 1 is 1.40 bits per heavy atom. The van der Waals surface area contributed by atoms with Crippen LogP contribution in [0.2, 0.25) is 0 Å². The molecule has 2 rings (SSSR count). The molecule has 0 fully saturated rings. The summed E-state index contributed by atoms with van der Waals surface area (Å²) in [6, 6.07) is 5.93. The molecule has 0 saturated carbocycles. The number of ether oxygens (including phenoxy) is 2. The topological polar surface area (TPSA) is 55.3 Å². The number of nitrogens with two attached hydrogens (primary N) is 1. The zero-order valence-corrected chi connectivity index (χ0v) is 8.77. The SMILES string of the molecule is C[C@H](O)C[NH2+]Cc1ccc2c(c1)OCO2. The van der Waals surface area contributed by atoms with Gasteiger partial charge in [-0.25, -0.2) is 0 Å². The van der Waals surface area contributed by atoms with Crippen molar-refractivity contribution >= 4 is 0 Å². The quantitative estimate of drug-likeness (QED) is 0.727. The maximum atomic E-state index is 9.11. The summed E-state index contributed by atoms with van der Waals surface area (Å²) in [6.45, 7) is 3.67. The second-order valence-electron chi connectivity index (χ2n) is 3.77. The molecule has 0 spiro atoms. The monoisotopic (exact) mass is 210 g/mol. The first-order valence-electron chi connectivity index (χ1n) is 5.14. The summed E-state index contributed by atoms with van der Waals surface area (Å²) in [5, 5.41) is 11.2. The predicted molar refractivity (Wildman–Crippen MR) is 54.7 cm³/mol. The minimum atomic E-state index is -0.265.